The number of aromatic nitrogens is 4. The van der Waals surface area contributed by atoms with Gasteiger partial charge in [-0.1, -0.05) is 12.1 Å². The minimum Gasteiger partial charge on any atom is -0.326 e. The molecule has 4 rings (SSSR count). The van der Waals surface area contributed by atoms with Crippen LogP contribution >= 0.6 is 0 Å². The van der Waals surface area contributed by atoms with E-state index in [4.69, 9.17) is 0 Å². The molecule has 1 aliphatic rings. The Morgan fingerprint density at radius 1 is 1.13 bits per heavy atom. The zero-order valence-electron chi connectivity index (χ0n) is 16.1. The van der Waals surface area contributed by atoms with E-state index in [1.54, 1.807) is 22.9 Å². The fourth-order valence-corrected chi connectivity index (χ4v) is 3.98. The van der Waals surface area contributed by atoms with Gasteiger partial charge in [0.25, 0.3) is 0 Å². The molecule has 0 unspecified atom stereocenters. The van der Waals surface area contributed by atoms with E-state index >= 15 is 0 Å². The van der Waals surface area contributed by atoms with Crippen molar-refractivity contribution in [1.82, 2.24) is 24.9 Å². The van der Waals surface area contributed by atoms with Crippen LogP contribution in [0.2, 0.25) is 0 Å². The molecule has 1 saturated carbocycles. The number of halogens is 2. The number of hydrogen-bond acceptors (Lipinski definition) is 6. The van der Waals surface area contributed by atoms with Crippen molar-refractivity contribution in [3.63, 3.8) is 0 Å². The van der Waals surface area contributed by atoms with Crippen molar-refractivity contribution < 1.29 is 22.0 Å². The first-order valence-corrected chi connectivity index (χ1v) is 10.9. The summed E-state index contributed by atoms with van der Waals surface area (Å²) in [6, 6.07) is 9.56. The SMILES string of the molecule is O=C(CCNS(=O)(=O)c1ccc(F)c(F)c1)Nc1cccc(-c2nnnn2C2CC2)c1. The van der Waals surface area contributed by atoms with Gasteiger partial charge in [0.1, 0.15) is 0 Å². The highest BCUT2D eigenvalue weighted by Gasteiger charge is 2.28. The molecule has 2 aromatic carbocycles. The van der Waals surface area contributed by atoms with E-state index < -0.39 is 32.5 Å². The number of hydrogen-bond donors (Lipinski definition) is 2. The number of amides is 1. The lowest BCUT2D eigenvalue weighted by Crippen LogP contribution is -2.28. The Morgan fingerprint density at radius 2 is 1.94 bits per heavy atom. The van der Waals surface area contributed by atoms with Crippen LogP contribution < -0.4 is 10.0 Å². The van der Waals surface area contributed by atoms with Gasteiger partial charge in [0.2, 0.25) is 15.9 Å². The van der Waals surface area contributed by atoms with Gasteiger partial charge in [-0.15, -0.1) is 5.10 Å². The van der Waals surface area contributed by atoms with Crippen molar-refractivity contribution in [3.05, 3.63) is 54.1 Å². The molecule has 0 bridgehead atoms. The molecule has 0 atom stereocenters. The summed E-state index contributed by atoms with van der Waals surface area (Å²) in [6.45, 7) is -0.215. The van der Waals surface area contributed by atoms with Crippen molar-refractivity contribution in [2.24, 2.45) is 0 Å². The number of nitrogens with one attached hydrogen (secondary N) is 2. The third-order valence-electron chi connectivity index (χ3n) is 4.64. The highest BCUT2D eigenvalue weighted by atomic mass is 32.2. The number of tetrazole rings is 1. The van der Waals surface area contributed by atoms with E-state index in [0.29, 0.717) is 23.6 Å². The lowest BCUT2D eigenvalue weighted by atomic mass is 10.2. The molecule has 0 saturated heterocycles. The van der Waals surface area contributed by atoms with Gasteiger partial charge < -0.3 is 5.32 Å². The zero-order chi connectivity index (χ0) is 22.0. The minimum absolute atomic E-state index is 0.160. The van der Waals surface area contributed by atoms with Crippen molar-refractivity contribution in [2.75, 3.05) is 11.9 Å². The van der Waals surface area contributed by atoms with Crippen molar-refractivity contribution in [2.45, 2.75) is 30.2 Å². The standard InChI is InChI=1S/C19H18F2N6O3S/c20-16-7-6-15(11-17(16)21)31(29,30)22-9-8-18(28)23-13-3-1-2-12(10-13)19-24-25-26-27(19)14-4-5-14/h1-3,6-7,10-11,14,22H,4-5,8-9H2,(H,23,28). The van der Waals surface area contributed by atoms with Gasteiger partial charge in [-0.2, -0.15) is 0 Å². The zero-order valence-corrected chi connectivity index (χ0v) is 16.9. The summed E-state index contributed by atoms with van der Waals surface area (Å²) in [6.07, 6.45) is 1.89. The second kappa shape index (κ2) is 8.47. The quantitative estimate of drug-likeness (QED) is 0.546. The van der Waals surface area contributed by atoms with Crippen molar-refractivity contribution >= 4 is 21.6 Å². The molecule has 31 heavy (non-hydrogen) atoms. The summed E-state index contributed by atoms with van der Waals surface area (Å²) < 4.78 is 54.5. The molecule has 1 heterocycles. The van der Waals surface area contributed by atoms with E-state index in [0.717, 1.165) is 30.5 Å². The summed E-state index contributed by atoms with van der Waals surface area (Å²) in [5.74, 6) is -2.23. The molecular formula is C19H18F2N6O3S. The third kappa shape index (κ3) is 4.91. The van der Waals surface area contributed by atoms with Crippen LogP contribution in [0, 0.1) is 11.6 Å². The maximum atomic E-state index is 13.3. The Morgan fingerprint density at radius 3 is 2.68 bits per heavy atom. The Labute approximate surface area is 176 Å². The molecule has 1 fully saturated rings. The van der Waals surface area contributed by atoms with Crippen molar-refractivity contribution in [3.8, 4) is 11.4 Å². The number of benzene rings is 2. The maximum absolute atomic E-state index is 13.3. The third-order valence-corrected chi connectivity index (χ3v) is 6.09. The Balaban J connectivity index is 1.35. The lowest BCUT2D eigenvalue weighted by Gasteiger charge is -2.09. The lowest BCUT2D eigenvalue weighted by molar-refractivity contribution is -0.116. The molecule has 1 aliphatic carbocycles. The molecule has 2 N–H and O–H groups in total. The molecule has 1 aromatic heterocycles. The highest BCUT2D eigenvalue weighted by molar-refractivity contribution is 7.89. The number of anilines is 1. The molecule has 3 aromatic rings. The average Bonchev–Trinajstić information content (AvgIpc) is 3.46. The maximum Gasteiger partial charge on any atom is 0.240 e. The number of carbonyl (C=O) groups is 1. The first-order valence-electron chi connectivity index (χ1n) is 9.46. The van der Waals surface area contributed by atoms with Crippen LogP contribution in [0.25, 0.3) is 11.4 Å². The van der Waals surface area contributed by atoms with E-state index in [9.17, 15) is 22.0 Å². The molecule has 0 radical (unpaired) electrons. The largest absolute Gasteiger partial charge is 0.326 e. The molecule has 1 amide bonds. The van der Waals surface area contributed by atoms with Crippen molar-refractivity contribution in [1.29, 1.82) is 0 Å². The monoisotopic (exact) mass is 448 g/mol. The van der Waals surface area contributed by atoms with Gasteiger partial charge >= 0.3 is 0 Å². The second-order valence-corrected chi connectivity index (χ2v) is 8.80. The van der Waals surface area contributed by atoms with Crippen LogP contribution in [-0.4, -0.2) is 41.1 Å². The Bertz CT molecular complexity index is 1230. The molecule has 162 valence electrons. The van der Waals surface area contributed by atoms with E-state index in [2.05, 4.69) is 25.6 Å². The van der Waals surface area contributed by atoms with Crippen LogP contribution in [0.15, 0.2) is 47.4 Å². The fraction of sp³-hybridized carbons (Fsp3) is 0.263. The van der Waals surface area contributed by atoms with Gasteiger partial charge in [0.05, 0.1) is 10.9 Å². The first kappa shape index (κ1) is 21.0. The molecule has 0 spiro atoms. The summed E-state index contributed by atoms with van der Waals surface area (Å²) in [7, 11) is -4.07. The van der Waals surface area contributed by atoms with Gasteiger partial charge in [0, 0.05) is 24.2 Å². The minimum atomic E-state index is -4.07. The summed E-state index contributed by atoms with van der Waals surface area (Å²) in [5, 5.41) is 14.5. The number of nitrogens with zero attached hydrogens (tertiary/aromatic N) is 4. The smallest absolute Gasteiger partial charge is 0.240 e. The first-order chi connectivity index (χ1) is 14.8. The van der Waals surface area contributed by atoms with Crippen LogP contribution in [-0.2, 0) is 14.8 Å². The number of rotatable bonds is 8. The average molecular weight is 448 g/mol. The normalized spacial score (nSPS) is 13.9. The van der Waals surface area contributed by atoms with Gasteiger partial charge in [-0.3, -0.25) is 4.79 Å². The number of sulfonamides is 1. The van der Waals surface area contributed by atoms with Crippen LogP contribution in [0.3, 0.4) is 0 Å². The predicted molar refractivity (Wildman–Crippen MR) is 106 cm³/mol. The van der Waals surface area contributed by atoms with Gasteiger partial charge in [-0.05, 0) is 53.6 Å². The van der Waals surface area contributed by atoms with Crippen LogP contribution in [0.1, 0.15) is 25.3 Å². The molecule has 12 heteroatoms. The number of carbonyl (C=O) groups excluding carboxylic acids is 1. The Kier molecular flexibility index (Phi) is 5.74. The van der Waals surface area contributed by atoms with Crippen LogP contribution in [0.5, 0.6) is 0 Å². The van der Waals surface area contributed by atoms with E-state index in [1.165, 1.54) is 0 Å². The van der Waals surface area contributed by atoms with Crippen LogP contribution in [0.4, 0.5) is 14.5 Å². The van der Waals surface area contributed by atoms with E-state index in [-0.39, 0.29) is 13.0 Å². The Hall–Kier alpha value is -3.25. The van der Waals surface area contributed by atoms with Gasteiger partial charge in [-0.25, -0.2) is 26.6 Å². The predicted octanol–water partition coefficient (Wildman–Crippen LogP) is 2.26. The summed E-state index contributed by atoms with van der Waals surface area (Å²) in [5.41, 5.74) is 1.25. The highest BCUT2D eigenvalue weighted by Crippen LogP contribution is 2.36. The topological polar surface area (TPSA) is 119 Å². The second-order valence-electron chi connectivity index (χ2n) is 7.03. The summed E-state index contributed by atoms with van der Waals surface area (Å²) in [4.78, 5) is 11.8. The molecule has 0 aliphatic heterocycles. The fourth-order valence-electron chi connectivity index (χ4n) is 2.93. The van der Waals surface area contributed by atoms with E-state index in [1.807, 2.05) is 6.07 Å². The molecule has 9 nitrogen and oxygen atoms in total. The molecular weight excluding hydrogens is 430 g/mol. The van der Waals surface area contributed by atoms with Gasteiger partial charge in [0.15, 0.2) is 17.5 Å². The summed E-state index contributed by atoms with van der Waals surface area (Å²) >= 11 is 0.